The zero-order valence-corrected chi connectivity index (χ0v) is 11.6. The summed E-state index contributed by atoms with van der Waals surface area (Å²) >= 11 is 0. The van der Waals surface area contributed by atoms with E-state index < -0.39 is 6.10 Å². The Morgan fingerprint density at radius 2 is 2.10 bits per heavy atom. The number of carbonyl (C=O) groups is 1. The van der Waals surface area contributed by atoms with E-state index in [0.29, 0.717) is 6.54 Å². The van der Waals surface area contributed by atoms with Crippen LogP contribution >= 0.6 is 0 Å². The third-order valence-electron chi connectivity index (χ3n) is 2.83. The monoisotopic (exact) mass is 274 g/mol. The van der Waals surface area contributed by atoms with Crippen molar-refractivity contribution >= 4 is 5.91 Å². The van der Waals surface area contributed by atoms with E-state index in [1.165, 1.54) is 4.90 Å². The minimum atomic E-state index is -0.566. The minimum absolute atomic E-state index is 0.245. The molecule has 106 valence electrons. The molecule has 1 N–H and O–H groups in total. The molecule has 2 aromatic rings. The van der Waals surface area contributed by atoms with Crippen molar-refractivity contribution in [3.63, 3.8) is 0 Å². The molecule has 0 saturated carbocycles. The van der Waals surface area contributed by atoms with E-state index in [2.05, 4.69) is 10.3 Å². The third-order valence-corrected chi connectivity index (χ3v) is 2.83. The summed E-state index contributed by atoms with van der Waals surface area (Å²) in [5.41, 5.74) is 1.37. The van der Waals surface area contributed by atoms with Crippen LogP contribution in [0.3, 0.4) is 0 Å². The van der Waals surface area contributed by atoms with E-state index in [0.717, 1.165) is 5.56 Å². The molecule has 2 rings (SSSR count). The first-order valence-electron chi connectivity index (χ1n) is 6.44. The number of benzene rings is 1. The lowest BCUT2D eigenvalue weighted by Crippen LogP contribution is -2.33. The van der Waals surface area contributed by atoms with Crippen molar-refractivity contribution in [1.29, 1.82) is 0 Å². The number of carbonyl (C=O) groups excluding carboxylic acids is 1. The van der Waals surface area contributed by atoms with Crippen LogP contribution in [0.5, 0.6) is 0 Å². The molecular formula is C14H18N4O2. The summed E-state index contributed by atoms with van der Waals surface area (Å²) < 4.78 is 1.62. The van der Waals surface area contributed by atoms with E-state index in [1.807, 2.05) is 30.3 Å². The fourth-order valence-corrected chi connectivity index (χ4v) is 1.92. The Hall–Kier alpha value is -2.21. The molecule has 0 spiro atoms. The van der Waals surface area contributed by atoms with Gasteiger partial charge in [-0.2, -0.15) is 0 Å². The van der Waals surface area contributed by atoms with E-state index >= 15 is 0 Å². The molecule has 6 heteroatoms. The van der Waals surface area contributed by atoms with Gasteiger partial charge in [0.25, 0.3) is 5.91 Å². The number of aliphatic hydroxyl groups excluding tert-OH is 1. The highest BCUT2D eigenvalue weighted by molar-refractivity contribution is 5.91. The van der Waals surface area contributed by atoms with E-state index in [9.17, 15) is 9.90 Å². The van der Waals surface area contributed by atoms with E-state index in [4.69, 9.17) is 0 Å². The fourth-order valence-electron chi connectivity index (χ4n) is 1.92. The minimum Gasteiger partial charge on any atom is -0.392 e. The van der Waals surface area contributed by atoms with Crippen molar-refractivity contribution in [2.75, 3.05) is 13.6 Å². The maximum Gasteiger partial charge on any atom is 0.275 e. The smallest absolute Gasteiger partial charge is 0.275 e. The maximum absolute atomic E-state index is 12.0. The second kappa shape index (κ2) is 6.29. The van der Waals surface area contributed by atoms with Crippen LogP contribution in [-0.4, -0.2) is 50.6 Å². The summed E-state index contributed by atoms with van der Waals surface area (Å²) in [5.74, 6) is -0.245. The number of likely N-dealkylation sites (N-methyl/N-ethyl adjacent to an activating group) is 1. The van der Waals surface area contributed by atoms with Gasteiger partial charge in [-0.3, -0.25) is 4.79 Å². The van der Waals surface area contributed by atoms with Crippen molar-refractivity contribution in [2.45, 2.75) is 19.6 Å². The summed E-state index contributed by atoms with van der Waals surface area (Å²) in [6.07, 6.45) is 1.05. The number of aromatic nitrogens is 3. The summed E-state index contributed by atoms with van der Waals surface area (Å²) in [6, 6.07) is 9.83. The second-order valence-electron chi connectivity index (χ2n) is 4.82. The molecule has 1 amide bonds. The molecule has 20 heavy (non-hydrogen) atoms. The van der Waals surface area contributed by atoms with Gasteiger partial charge in [0.05, 0.1) is 18.8 Å². The zero-order valence-electron chi connectivity index (χ0n) is 11.6. The van der Waals surface area contributed by atoms with Crippen LogP contribution in [0.1, 0.15) is 23.0 Å². The molecule has 1 atom stereocenters. The number of amides is 1. The topological polar surface area (TPSA) is 71.2 Å². The Balaban J connectivity index is 2.03. The predicted octanol–water partition coefficient (Wildman–Crippen LogP) is 0.779. The molecule has 0 fully saturated rings. The van der Waals surface area contributed by atoms with Gasteiger partial charge >= 0.3 is 0 Å². The van der Waals surface area contributed by atoms with Crippen LogP contribution in [0.25, 0.3) is 0 Å². The summed E-state index contributed by atoms with van der Waals surface area (Å²) in [7, 11) is 1.63. The lowest BCUT2D eigenvalue weighted by molar-refractivity contribution is 0.0698. The standard InChI is InChI=1S/C14H18N4O2/c1-11(19)8-17(2)14(20)13-10-18(16-15-13)9-12-6-4-3-5-7-12/h3-7,10-11,19H,8-9H2,1-2H3. The van der Waals surface area contributed by atoms with Crippen LogP contribution < -0.4 is 0 Å². The van der Waals surface area contributed by atoms with Crippen molar-refractivity contribution in [3.8, 4) is 0 Å². The van der Waals surface area contributed by atoms with Crippen LogP contribution in [0.4, 0.5) is 0 Å². The first-order valence-corrected chi connectivity index (χ1v) is 6.44. The first kappa shape index (κ1) is 14.2. The van der Waals surface area contributed by atoms with Crippen LogP contribution in [0, 0.1) is 0 Å². The Kier molecular flexibility index (Phi) is 4.47. The van der Waals surface area contributed by atoms with Crippen LogP contribution in [-0.2, 0) is 6.54 Å². The highest BCUT2D eigenvalue weighted by Crippen LogP contribution is 2.04. The maximum atomic E-state index is 12.0. The third kappa shape index (κ3) is 3.64. The van der Waals surface area contributed by atoms with Gasteiger partial charge in [0.2, 0.25) is 0 Å². The van der Waals surface area contributed by atoms with Crippen LogP contribution in [0.2, 0.25) is 0 Å². The number of rotatable bonds is 5. The molecule has 1 aromatic heterocycles. The molecule has 6 nitrogen and oxygen atoms in total. The Morgan fingerprint density at radius 3 is 2.75 bits per heavy atom. The molecule has 0 aliphatic heterocycles. The van der Waals surface area contributed by atoms with Crippen LogP contribution in [0.15, 0.2) is 36.5 Å². The molecule has 0 saturated heterocycles. The predicted molar refractivity (Wildman–Crippen MR) is 74.2 cm³/mol. The van der Waals surface area contributed by atoms with Gasteiger partial charge in [0.1, 0.15) is 0 Å². The number of hydrogen-bond acceptors (Lipinski definition) is 4. The van der Waals surface area contributed by atoms with Gasteiger partial charge in [-0.05, 0) is 12.5 Å². The van der Waals surface area contributed by atoms with Gasteiger partial charge in [-0.25, -0.2) is 4.68 Å². The molecule has 1 aromatic carbocycles. The number of hydrogen-bond donors (Lipinski definition) is 1. The van der Waals surface area contributed by atoms with Crippen molar-refractivity contribution < 1.29 is 9.90 Å². The average molecular weight is 274 g/mol. The summed E-state index contributed by atoms with van der Waals surface area (Å²) in [4.78, 5) is 13.5. The van der Waals surface area contributed by atoms with Crippen molar-refractivity contribution in [3.05, 3.63) is 47.8 Å². The normalized spacial score (nSPS) is 12.2. The number of nitrogens with zero attached hydrogens (tertiary/aromatic N) is 4. The highest BCUT2D eigenvalue weighted by Gasteiger charge is 2.16. The fraction of sp³-hybridized carbons (Fsp3) is 0.357. The zero-order chi connectivity index (χ0) is 14.5. The molecule has 0 aliphatic carbocycles. The lowest BCUT2D eigenvalue weighted by atomic mass is 10.2. The first-order chi connectivity index (χ1) is 9.56. The van der Waals surface area contributed by atoms with Gasteiger partial charge in [-0.15, -0.1) is 5.10 Å². The van der Waals surface area contributed by atoms with Gasteiger partial charge in [-0.1, -0.05) is 35.5 Å². The molecule has 0 bridgehead atoms. The van der Waals surface area contributed by atoms with Gasteiger partial charge in [0, 0.05) is 13.6 Å². The quantitative estimate of drug-likeness (QED) is 0.874. The summed E-state index contributed by atoms with van der Waals surface area (Å²) in [6.45, 7) is 2.47. The Bertz CT molecular complexity index is 566. The van der Waals surface area contributed by atoms with E-state index in [-0.39, 0.29) is 18.1 Å². The van der Waals surface area contributed by atoms with Crippen molar-refractivity contribution in [1.82, 2.24) is 19.9 Å². The van der Waals surface area contributed by atoms with Crippen molar-refractivity contribution in [2.24, 2.45) is 0 Å². The lowest BCUT2D eigenvalue weighted by Gasteiger charge is -2.16. The molecule has 0 radical (unpaired) electrons. The van der Waals surface area contributed by atoms with Gasteiger partial charge < -0.3 is 10.0 Å². The molecule has 0 aliphatic rings. The molecular weight excluding hydrogens is 256 g/mol. The second-order valence-corrected chi connectivity index (χ2v) is 4.82. The Morgan fingerprint density at radius 1 is 1.40 bits per heavy atom. The average Bonchev–Trinajstić information content (AvgIpc) is 2.86. The molecule has 1 unspecified atom stereocenters. The summed E-state index contributed by atoms with van der Waals surface area (Å²) in [5, 5.41) is 17.1. The SMILES string of the molecule is CC(O)CN(C)C(=O)c1cn(Cc2ccccc2)nn1. The molecule has 1 heterocycles. The Labute approximate surface area is 117 Å². The highest BCUT2D eigenvalue weighted by atomic mass is 16.3. The largest absolute Gasteiger partial charge is 0.392 e. The van der Waals surface area contributed by atoms with E-state index in [1.54, 1.807) is 24.9 Å². The number of aliphatic hydroxyl groups is 1. The van der Waals surface area contributed by atoms with Gasteiger partial charge in [0.15, 0.2) is 5.69 Å².